The summed E-state index contributed by atoms with van der Waals surface area (Å²) in [7, 11) is -3.49. The van der Waals surface area contributed by atoms with Gasteiger partial charge in [0.15, 0.2) is 26.2 Å². The van der Waals surface area contributed by atoms with E-state index in [-0.39, 0.29) is 23.5 Å². The first-order valence-corrected chi connectivity index (χ1v) is 14.4. The maximum atomic E-state index is 12.4. The largest absolute Gasteiger partial charge is 0.371 e. The third-order valence-electron chi connectivity index (χ3n) is 5.72. The molecule has 0 amide bonds. The zero-order valence-corrected chi connectivity index (χ0v) is 18.6. The van der Waals surface area contributed by atoms with Gasteiger partial charge in [0.25, 0.3) is 0 Å². The fourth-order valence-electron chi connectivity index (χ4n) is 4.43. The van der Waals surface area contributed by atoms with Gasteiger partial charge in [-0.3, -0.25) is 9.13 Å². The Morgan fingerprint density at radius 1 is 1.21 bits per heavy atom. The SMILES string of the molecule is CNc1ncnc2c1ncn2[C@H]1C[C@H](OP(C)(C)=O)[C@]2(COP(C)(C)=O)C[C@H]12. The van der Waals surface area contributed by atoms with Gasteiger partial charge in [0.1, 0.15) is 11.8 Å². The average molecular weight is 427 g/mol. The van der Waals surface area contributed by atoms with E-state index in [4.69, 9.17) is 9.05 Å². The maximum Gasteiger partial charge on any atom is 0.197 e. The first kappa shape index (κ1) is 20.0. The molecule has 2 aromatic heterocycles. The van der Waals surface area contributed by atoms with Crippen LogP contribution >= 0.6 is 14.7 Å². The average Bonchev–Trinajstić information content (AvgIpc) is 3.05. The molecule has 0 aromatic carbocycles. The lowest BCUT2D eigenvalue weighted by Crippen LogP contribution is -2.26. The van der Waals surface area contributed by atoms with E-state index in [0.717, 1.165) is 17.6 Å². The van der Waals surface area contributed by atoms with E-state index < -0.39 is 14.7 Å². The number of hydrogen-bond donors (Lipinski definition) is 1. The van der Waals surface area contributed by atoms with E-state index in [0.29, 0.717) is 18.8 Å². The third kappa shape index (κ3) is 3.54. The van der Waals surface area contributed by atoms with Crippen LogP contribution in [0, 0.1) is 11.3 Å². The lowest BCUT2D eigenvalue weighted by atomic mass is 10.0. The number of aromatic nitrogens is 4. The molecule has 2 saturated carbocycles. The molecule has 2 aromatic rings. The summed E-state index contributed by atoms with van der Waals surface area (Å²) >= 11 is 0. The van der Waals surface area contributed by atoms with Gasteiger partial charge in [-0.15, -0.1) is 0 Å². The van der Waals surface area contributed by atoms with Crippen LogP contribution in [0.2, 0.25) is 0 Å². The number of fused-ring (bicyclic) bond motifs is 2. The van der Waals surface area contributed by atoms with Crippen molar-refractivity contribution in [2.45, 2.75) is 25.0 Å². The van der Waals surface area contributed by atoms with E-state index in [9.17, 15) is 9.13 Å². The molecule has 0 saturated heterocycles. The van der Waals surface area contributed by atoms with Crippen molar-refractivity contribution in [3.63, 3.8) is 0 Å². The molecule has 2 aliphatic rings. The van der Waals surface area contributed by atoms with E-state index in [1.807, 2.05) is 0 Å². The molecule has 28 heavy (non-hydrogen) atoms. The summed E-state index contributed by atoms with van der Waals surface area (Å²) in [5, 5.41) is 3.04. The molecule has 0 bridgehead atoms. The van der Waals surface area contributed by atoms with Crippen molar-refractivity contribution >= 4 is 31.7 Å². The zero-order valence-electron chi connectivity index (χ0n) is 16.8. The second-order valence-electron chi connectivity index (χ2n) is 8.51. The molecular formula is C17H27N5O4P2. The number of nitrogens with zero attached hydrogens (tertiary/aromatic N) is 4. The summed E-state index contributed by atoms with van der Waals surface area (Å²) in [4.78, 5) is 13.1. The van der Waals surface area contributed by atoms with Gasteiger partial charge in [0.05, 0.1) is 19.0 Å². The summed E-state index contributed by atoms with van der Waals surface area (Å²) in [6.07, 6.45) is 4.68. The molecule has 11 heteroatoms. The highest BCUT2D eigenvalue weighted by Gasteiger charge is 2.69. The molecule has 154 valence electrons. The minimum atomic E-state index is -2.68. The van der Waals surface area contributed by atoms with Crippen molar-refractivity contribution in [3.05, 3.63) is 12.7 Å². The van der Waals surface area contributed by atoms with Crippen LogP contribution in [0.25, 0.3) is 11.2 Å². The number of anilines is 1. The minimum absolute atomic E-state index is 0.109. The molecule has 0 unspecified atom stereocenters. The maximum absolute atomic E-state index is 12.4. The number of hydrogen-bond acceptors (Lipinski definition) is 8. The molecule has 0 spiro atoms. The molecule has 0 aliphatic heterocycles. The summed E-state index contributed by atoms with van der Waals surface area (Å²) < 4.78 is 38.3. The summed E-state index contributed by atoms with van der Waals surface area (Å²) in [6.45, 7) is 6.86. The highest BCUT2D eigenvalue weighted by atomic mass is 31.2. The summed E-state index contributed by atoms with van der Waals surface area (Å²) in [6, 6.07) is 0.109. The minimum Gasteiger partial charge on any atom is -0.371 e. The molecule has 1 N–H and O–H groups in total. The van der Waals surface area contributed by atoms with Crippen LogP contribution in [-0.2, 0) is 18.2 Å². The van der Waals surface area contributed by atoms with Crippen LogP contribution in [0.1, 0.15) is 18.9 Å². The monoisotopic (exact) mass is 427 g/mol. The second-order valence-corrected chi connectivity index (χ2v) is 14.0. The van der Waals surface area contributed by atoms with Crippen molar-refractivity contribution in [1.29, 1.82) is 0 Å². The predicted molar refractivity (Wildman–Crippen MR) is 109 cm³/mol. The Balaban J connectivity index is 1.67. The topological polar surface area (TPSA) is 108 Å². The van der Waals surface area contributed by atoms with Crippen LogP contribution in [0.15, 0.2) is 12.7 Å². The van der Waals surface area contributed by atoms with Crippen molar-refractivity contribution < 1.29 is 18.2 Å². The Labute approximate surface area is 164 Å². The standard InChI is InChI=1S/C17H27N5O4P2/c1-18-15-14-16(20-9-19-15)22(10-21-14)12-6-13(26-28(4,5)24)17(7-11(12)17)8-25-27(2,3)23/h9-13H,6-8H2,1-5H3,(H,18,19,20)/t11-,12+,13+,17+/m1/s1. The highest BCUT2D eigenvalue weighted by molar-refractivity contribution is 7.57. The van der Waals surface area contributed by atoms with Crippen molar-refractivity contribution in [3.8, 4) is 0 Å². The van der Waals surface area contributed by atoms with Crippen molar-refractivity contribution in [2.24, 2.45) is 11.3 Å². The lowest BCUT2D eigenvalue weighted by Gasteiger charge is -2.26. The normalized spacial score (nSPS) is 29.8. The van der Waals surface area contributed by atoms with Crippen LogP contribution < -0.4 is 5.32 Å². The second kappa shape index (κ2) is 6.63. The molecule has 0 radical (unpaired) electrons. The van der Waals surface area contributed by atoms with Gasteiger partial charge in [-0.1, -0.05) is 0 Å². The molecular weight excluding hydrogens is 400 g/mol. The van der Waals surface area contributed by atoms with Crippen LogP contribution in [0.5, 0.6) is 0 Å². The first-order valence-electron chi connectivity index (χ1n) is 9.32. The number of rotatable bonds is 7. The molecule has 4 atom stereocenters. The Kier molecular flexibility index (Phi) is 4.74. The molecule has 2 heterocycles. The summed E-state index contributed by atoms with van der Waals surface area (Å²) in [5.41, 5.74) is 1.23. The highest BCUT2D eigenvalue weighted by Crippen LogP contribution is 2.71. The van der Waals surface area contributed by atoms with Gasteiger partial charge in [-0.05, 0) is 18.8 Å². The fourth-order valence-corrected chi connectivity index (χ4v) is 5.89. The Hall–Kier alpha value is -1.27. The van der Waals surface area contributed by atoms with E-state index >= 15 is 0 Å². The van der Waals surface area contributed by atoms with E-state index in [1.54, 1.807) is 40.0 Å². The molecule has 9 nitrogen and oxygen atoms in total. The lowest BCUT2D eigenvalue weighted by molar-refractivity contribution is 0.0933. The van der Waals surface area contributed by atoms with Crippen molar-refractivity contribution in [1.82, 2.24) is 19.5 Å². The van der Waals surface area contributed by atoms with Crippen molar-refractivity contribution in [2.75, 3.05) is 45.6 Å². The van der Waals surface area contributed by atoms with Gasteiger partial charge in [0, 0.05) is 45.2 Å². The van der Waals surface area contributed by atoms with Gasteiger partial charge in [-0.2, -0.15) is 0 Å². The smallest absolute Gasteiger partial charge is 0.197 e. The summed E-state index contributed by atoms with van der Waals surface area (Å²) in [5.74, 6) is 0.963. The van der Waals surface area contributed by atoms with E-state index in [1.165, 1.54) is 6.33 Å². The Morgan fingerprint density at radius 2 is 1.96 bits per heavy atom. The predicted octanol–water partition coefficient (Wildman–Crippen LogP) is 3.30. The van der Waals surface area contributed by atoms with Crippen LogP contribution in [-0.4, -0.2) is 65.9 Å². The van der Waals surface area contributed by atoms with Gasteiger partial charge in [-0.25, -0.2) is 15.0 Å². The zero-order chi connectivity index (χ0) is 20.3. The van der Waals surface area contributed by atoms with E-state index in [2.05, 4.69) is 24.8 Å². The Bertz CT molecular complexity index is 999. The van der Waals surface area contributed by atoms with Crippen LogP contribution in [0.4, 0.5) is 5.82 Å². The van der Waals surface area contributed by atoms with Gasteiger partial charge in [0.2, 0.25) is 0 Å². The quantitative estimate of drug-likeness (QED) is 0.671. The first-order chi connectivity index (χ1) is 13.0. The molecule has 2 fully saturated rings. The fraction of sp³-hybridized carbons (Fsp3) is 0.706. The Morgan fingerprint density at radius 3 is 2.61 bits per heavy atom. The van der Waals surface area contributed by atoms with Gasteiger partial charge >= 0.3 is 0 Å². The third-order valence-corrected chi connectivity index (χ3v) is 7.23. The molecule has 2 aliphatic carbocycles. The molecule has 4 rings (SSSR count). The number of imidazole rings is 1. The van der Waals surface area contributed by atoms with Crippen LogP contribution in [0.3, 0.4) is 0 Å². The number of nitrogens with one attached hydrogen (secondary N) is 1. The van der Waals surface area contributed by atoms with Gasteiger partial charge < -0.3 is 18.9 Å².